The summed E-state index contributed by atoms with van der Waals surface area (Å²) in [6.45, 7) is 0.217. The van der Waals surface area contributed by atoms with Gasteiger partial charge in [0.15, 0.2) is 11.1 Å². The van der Waals surface area contributed by atoms with Gasteiger partial charge in [0.1, 0.15) is 23.9 Å². The molecule has 0 aliphatic heterocycles. The fourth-order valence-electron chi connectivity index (χ4n) is 1.70. The van der Waals surface area contributed by atoms with Crippen LogP contribution in [0.3, 0.4) is 0 Å². The molecule has 0 rings (SSSR count). The molecule has 0 aromatic rings. The molecule has 27 heavy (non-hydrogen) atoms. The van der Waals surface area contributed by atoms with Crippen molar-refractivity contribution in [3.05, 3.63) is 22.8 Å². The normalized spacial score (nSPS) is 16.0. The van der Waals surface area contributed by atoms with Gasteiger partial charge in [-0.15, -0.1) is 0 Å². The van der Waals surface area contributed by atoms with Crippen LogP contribution in [-0.2, 0) is 4.74 Å². The molecule has 2 unspecified atom stereocenters. The van der Waals surface area contributed by atoms with Crippen LogP contribution in [0.15, 0.2) is 22.8 Å². The van der Waals surface area contributed by atoms with Gasteiger partial charge in [-0.2, -0.15) is 52.7 Å². The highest BCUT2D eigenvalue weighted by Gasteiger charge is 2.56. The van der Waals surface area contributed by atoms with Crippen molar-refractivity contribution in [3.8, 4) is 0 Å². The summed E-state index contributed by atoms with van der Waals surface area (Å²) in [5.41, 5.74) is -7.46. The Morgan fingerprint density at radius 2 is 0.704 bits per heavy atom. The Bertz CT molecular complexity index is 501. The molecule has 160 valence electrons. The third-order valence-electron chi connectivity index (χ3n) is 2.73. The van der Waals surface area contributed by atoms with Gasteiger partial charge in [0.05, 0.1) is 0 Å². The van der Waals surface area contributed by atoms with E-state index in [1.807, 2.05) is 0 Å². The highest BCUT2D eigenvalue weighted by atomic mass is 19.4. The first-order valence-electron chi connectivity index (χ1n) is 6.35. The Balaban J connectivity index is 6.03. The molecule has 0 aliphatic carbocycles. The van der Waals surface area contributed by atoms with Crippen LogP contribution in [0.4, 0.5) is 61.5 Å². The zero-order valence-corrected chi connectivity index (χ0v) is 12.9. The van der Waals surface area contributed by atoms with E-state index in [4.69, 9.17) is 0 Å². The third kappa shape index (κ3) is 6.84. The number of alkyl halides is 12. The summed E-state index contributed by atoms with van der Waals surface area (Å²) in [7, 11) is 0. The van der Waals surface area contributed by atoms with Gasteiger partial charge in [0, 0.05) is 0 Å². The zero-order chi connectivity index (χ0) is 22.2. The van der Waals surface area contributed by atoms with Crippen LogP contribution in [0.1, 0.15) is 13.8 Å². The van der Waals surface area contributed by atoms with E-state index in [0.29, 0.717) is 0 Å². The van der Waals surface area contributed by atoms with E-state index in [-0.39, 0.29) is 13.8 Å². The van der Waals surface area contributed by atoms with E-state index in [1.54, 1.807) is 0 Å². The standard InChI is InChI=1S/C12H8F14O/c1-3(5(13)7(9(15,16)17)10(18,19)20)27-4(2)6(14)8(11(21,22)23)12(24,25)26/h3-4H,1-2H3. The van der Waals surface area contributed by atoms with Crippen LogP contribution in [0.2, 0.25) is 0 Å². The predicted molar refractivity (Wildman–Crippen MR) is 60.5 cm³/mol. The zero-order valence-electron chi connectivity index (χ0n) is 12.9. The minimum Gasteiger partial charge on any atom is -0.361 e. The van der Waals surface area contributed by atoms with Crippen molar-refractivity contribution < 1.29 is 66.2 Å². The molecule has 0 bridgehead atoms. The lowest BCUT2D eigenvalue weighted by molar-refractivity contribution is -0.176. The second-order valence-electron chi connectivity index (χ2n) is 4.86. The van der Waals surface area contributed by atoms with E-state index in [9.17, 15) is 61.5 Å². The van der Waals surface area contributed by atoms with Gasteiger partial charge in [0.25, 0.3) is 0 Å². The van der Waals surface area contributed by atoms with Crippen LogP contribution < -0.4 is 0 Å². The lowest BCUT2D eigenvalue weighted by atomic mass is 10.1. The van der Waals surface area contributed by atoms with Crippen molar-refractivity contribution in [2.45, 2.75) is 50.8 Å². The molecule has 0 N–H and O–H groups in total. The highest BCUT2D eigenvalue weighted by Crippen LogP contribution is 2.44. The molecule has 0 saturated heterocycles. The number of allylic oxidation sites excluding steroid dienone is 2. The maximum Gasteiger partial charge on any atom is 0.423 e. The van der Waals surface area contributed by atoms with Crippen molar-refractivity contribution in [1.82, 2.24) is 0 Å². The molecule has 0 amide bonds. The molecule has 0 aromatic carbocycles. The smallest absolute Gasteiger partial charge is 0.361 e. The molecule has 0 spiro atoms. The average Bonchev–Trinajstić information content (AvgIpc) is 2.30. The summed E-state index contributed by atoms with van der Waals surface area (Å²) >= 11 is 0. The molecule has 0 heterocycles. The Morgan fingerprint density at radius 1 is 0.519 bits per heavy atom. The van der Waals surface area contributed by atoms with Crippen LogP contribution in [-0.4, -0.2) is 36.9 Å². The van der Waals surface area contributed by atoms with Crippen molar-refractivity contribution in [1.29, 1.82) is 0 Å². The van der Waals surface area contributed by atoms with Crippen LogP contribution in [0, 0.1) is 0 Å². The fourth-order valence-corrected chi connectivity index (χ4v) is 1.70. The van der Waals surface area contributed by atoms with Crippen LogP contribution in [0.25, 0.3) is 0 Å². The van der Waals surface area contributed by atoms with Crippen LogP contribution >= 0.6 is 0 Å². The summed E-state index contributed by atoms with van der Waals surface area (Å²) < 4.78 is 179. The summed E-state index contributed by atoms with van der Waals surface area (Å²) in [5.74, 6) is -6.20. The Kier molecular flexibility index (Phi) is 7.38. The first-order chi connectivity index (χ1) is 11.6. The highest BCUT2D eigenvalue weighted by molar-refractivity contribution is 5.24. The Labute approximate surface area is 141 Å². The van der Waals surface area contributed by atoms with Gasteiger partial charge >= 0.3 is 24.7 Å². The molecule has 1 nitrogen and oxygen atoms in total. The molecular formula is C12H8F14O. The van der Waals surface area contributed by atoms with Crippen molar-refractivity contribution in [2.24, 2.45) is 0 Å². The second-order valence-corrected chi connectivity index (χ2v) is 4.86. The molecule has 0 aromatic heterocycles. The number of ether oxygens (including phenoxy) is 1. The first-order valence-corrected chi connectivity index (χ1v) is 6.35. The van der Waals surface area contributed by atoms with Gasteiger partial charge in [-0.05, 0) is 13.8 Å². The number of hydrogen-bond acceptors (Lipinski definition) is 1. The molecule has 2 atom stereocenters. The maximum atomic E-state index is 13.5. The SMILES string of the molecule is CC(OC(C)C(F)=C(C(F)(F)F)C(F)(F)F)C(F)=C(C(F)(F)F)C(F)(F)F. The monoisotopic (exact) mass is 434 g/mol. The van der Waals surface area contributed by atoms with Gasteiger partial charge in [-0.3, -0.25) is 0 Å². The quantitative estimate of drug-likeness (QED) is 0.461. The van der Waals surface area contributed by atoms with Crippen molar-refractivity contribution >= 4 is 0 Å². The van der Waals surface area contributed by atoms with Crippen molar-refractivity contribution in [2.75, 3.05) is 0 Å². The van der Waals surface area contributed by atoms with E-state index in [2.05, 4.69) is 4.74 Å². The predicted octanol–water partition coefficient (Wildman–Crippen LogP) is 6.48. The first kappa shape index (κ1) is 25.5. The molecule has 0 radical (unpaired) electrons. The summed E-state index contributed by atoms with van der Waals surface area (Å²) in [4.78, 5) is 0. The largest absolute Gasteiger partial charge is 0.423 e. The van der Waals surface area contributed by atoms with Crippen molar-refractivity contribution in [3.63, 3.8) is 0 Å². The molecule has 0 fully saturated rings. The molecular weight excluding hydrogens is 426 g/mol. The topological polar surface area (TPSA) is 9.23 Å². The minimum absolute atomic E-state index is 0.109. The van der Waals surface area contributed by atoms with Gasteiger partial charge in [-0.1, -0.05) is 0 Å². The van der Waals surface area contributed by atoms with E-state index in [0.717, 1.165) is 0 Å². The van der Waals surface area contributed by atoms with E-state index in [1.165, 1.54) is 0 Å². The summed E-state index contributed by atoms with van der Waals surface area (Å²) in [6.07, 6.45) is -31.2. The average molecular weight is 434 g/mol. The fraction of sp³-hybridized carbons (Fsp3) is 0.667. The summed E-state index contributed by atoms with van der Waals surface area (Å²) in [5, 5.41) is 0. The Morgan fingerprint density at radius 3 is 0.852 bits per heavy atom. The minimum atomic E-state index is -6.32. The van der Waals surface area contributed by atoms with E-state index < -0.39 is 59.7 Å². The van der Waals surface area contributed by atoms with Gasteiger partial charge < -0.3 is 4.74 Å². The molecule has 0 aliphatic rings. The summed E-state index contributed by atoms with van der Waals surface area (Å²) in [6, 6.07) is 0. The molecule has 0 saturated carbocycles. The van der Waals surface area contributed by atoms with Crippen LogP contribution in [0.5, 0.6) is 0 Å². The number of halogens is 14. The van der Waals surface area contributed by atoms with Gasteiger partial charge in [0.2, 0.25) is 0 Å². The lowest BCUT2D eigenvalue weighted by Gasteiger charge is -2.23. The number of rotatable bonds is 4. The van der Waals surface area contributed by atoms with Gasteiger partial charge in [-0.25, -0.2) is 8.78 Å². The molecule has 15 heteroatoms. The Hall–Kier alpha value is -1.54. The second kappa shape index (κ2) is 7.83. The van der Waals surface area contributed by atoms with E-state index >= 15 is 0 Å². The lowest BCUT2D eigenvalue weighted by Crippen LogP contribution is -2.33. The number of hydrogen-bond donors (Lipinski definition) is 0. The maximum absolute atomic E-state index is 13.5. The third-order valence-corrected chi connectivity index (χ3v) is 2.73.